The van der Waals surface area contributed by atoms with E-state index < -0.39 is 5.54 Å². The molecule has 6 heteroatoms. The van der Waals surface area contributed by atoms with E-state index in [2.05, 4.69) is 33.0 Å². The number of urea groups is 1. The van der Waals surface area contributed by atoms with Crippen molar-refractivity contribution in [3.8, 4) is 0 Å². The molecule has 25 heavy (non-hydrogen) atoms. The SMILES string of the molecule is CCNC(=O)NC1(C(=O)NCC(c2ccccc2)N(C)C)CCCC1. The zero-order valence-corrected chi connectivity index (χ0v) is 15.5. The first-order chi connectivity index (χ1) is 12.0. The summed E-state index contributed by atoms with van der Waals surface area (Å²) in [5, 5.41) is 8.70. The second-order valence-electron chi connectivity index (χ2n) is 6.87. The van der Waals surface area contributed by atoms with Crippen molar-refractivity contribution in [3.05, 3.63) is 35.9 Å². The van der Waals surface area contributed by atoms with E-state index in [9.17, 15) is 9.59 Å². The van der Waals surface area contributed by atoms with Crippen molar-refractivity contribution < 1.29 is 9.59 Å². The van der Waals surface area contributed by atoms with Crippen LogP contribution in [0.3, 0.4) is 0 Å². The van der Waals surface area contributed by atoms with Gasteiger partial charge in [-0.2, -0.15) is 0 Å². The summed E-state index contributed by atoms with van der Waals surface area (Å²) in [4.78, 5) is 27.0. The van der Waals surface area contributed by atoms with Gasteiger partial charge in [-0.3, -0.25) is 4.79 Å². The predicted octanol–water partition coefficient (Wildman–Crippen LogP) is 2.04. The van der Waals surface area contributed by atoms with Gasteiger partial charge in [-0.15, -0.1) is 0 Å². The number of rotatable bonds is 7. The number of nitrogens with zero attached hydrogens (tertiary/aromatic N) is 1. The first-order valence-corrected chi connectivity index (χ1v) is 9.04. The number of hydrogen-bond donors (Lipinski definition) is 3. The Labute approximate surface area is 150 Å². The smallest absolute Gasteiger partial charge is 0.315 e. The molecule has 0 heterocycles. The summed E-state index contributed by atoms with van der Waals surface area (Å²) in [6.07, 6.45) is 3.28. The van der Waals surface area contributed by atoms with Crippen LogP contribution < -0.4 is 16.0 Å². The summed E-state index contributed by atoms with van der Waals surface area (Å²) in [6, 6.07) is 9.94. The summed E-state index contributed by atoms with van der Waals surface area (Å²) in [6.45, 7) is 2.91. The zero-order chi connectivity index (χ0) is 18.3. The minimum absolute atomic E-state index is 0.0842. The minimum Gasteiger partial charge on any atom is -0.352 e. The Hall–Kier alpha value is -2.08. The van der Waals surface area contributed by atoms with Crippen LogP contribution in [0.5, 0.6) is 0 Å². The number of likely N-dealkylation sites (N-methyl/N-ethyl adjacent to an activating group) is 1. The molecule has 6 nitrogen and oxygen atoms in total. The van der Waals surface area contributed by atoms with Gasteiger partial charge in [0, 0.05) is 13.1 Å². The standard InChI is InChI=1S/C19H30N4O2/c1-4-20-18(25)22-19(12-8-9-13-19)17(24)21-14-16(23(2)3)15-10-6-5-7-11-15/h5-7,10-11,16H,4,8-9,12-14H2,1-3H3,(H,21,24)(H2,20,22,25). The molecule has 1 saturated carbocycles. The quantitative estimate of drug-likeness (QED) is 0.707. The highest BCUT2D eigenvalue weighted by atomic mass is 16.2. The molecular formula is C19H30N4O2. The van der Waals surface area contributed by atoms with Gasteiger partial charge in [0.25, 0.3) is 0 Å². The molecular weight excluding hydrogens is 316 g/mol. The lowest BCUT2D eigenvalue weighted by Crippen LogP contribution is -2.59. The van der Waals surface area contributed by atoms with E-state index in [-0.39, 0.29) is 18.0 Å². The number of amides is 3. The maximum absolute atomic E-state index is 12.9. The van der Waals surface area contributed by atoms with E-state index in [1.54, 1.807) is 0 Å². The first kappa shape index (κ1) is 19.2. The second kappa shape index (κ2) is 8.85. The largest absolute Gasteiger partial charge is 0.352 e. The Balaban J connectivity index is 2.03. The number of hydrogen-bond acceptors (Lipinski definition) is 3. The van der Waals surface area contributed by atoms with Crippen molar-refractivity contribution in [1.29, 1.82) is 0 Å². The Morgan fingerprint density at radius 2 is 1.76 bits per heavy atom. The van der Waals surface area contributed by atoms with Crippen LogP contribution in [0, 0.1) is 0 Å². The third kappa shape index (κ3) is 4.95. The van der Waals surface area contributed by atoms with Gasteiger partial charge >= 0.3 is 6.03 Å². The molecule has 1 aliphatic rings. The molecule has 0 bridgehead atoms. The van der Waals surface area contributed by atoms with Crippen LogP contribution in [0.1, 0.15) is 44.2 Å². The first-order valence-electron chi connectivity index (χ1n) is 9.04. The van der Waals surface area contributed by atoms with Crippen molar-refractivity contribution in [2.75, 3.05) is 27.2 Å². The molecule has 0 saturated heterocycles. The maximum Gasteiger partial charge on any atom is 0.315 e. The highest BCUT2D eigenvalue weighted by molar-refractivity contribution is 5.91. The molecule has 0 radical (unpaired) electrons. The summed E-state index contributed by atoms with van der Waals surface area (Å²) in [7, 11) is 4.00. The molecule has 2 rings (SSSR count). The molecule has 3 amide bonds. The fourth-order valence-electron chi connectivity index (χ4n) is 3.44. The van der Waals surface area contributed by atoms with Gasteiger partial charge in [0.2, 0.25) is 5.91 Å². The Bertz CT molecular complexity index is 568. The normalized spacial score (nSPS) is 17.1. The molecule has 1 fully saturated rings. The molecule has 0 aromatic heterocycles. The average Bonchev–Trinajstić information content (AvgIpc) is 3.05. The van der Waals surface area contributed by atoms with E-state index in [4.69, 9.17) is 0 Å². The molecule has 138 valence electrons. The molecule has 3 N–H and O–H groups in total. The highest BCUT2D eigenvalue weighted by Crippen LogP contribution is 2.30. The van der Waals surface area contributed by atoms with Crippen LogP contribution >= 0.6 is 0 Å². The van der Waals surface area contributed by atoms with Gasteiger partial charge in [-0.25, -0.2) is 4.79 Å². The summed E-state index contributed by atoms with van der Waals surface area (Å²) >= 11 is 0. The van der Waals surface area contributed by atoms with Crippen molar-refractivity contribution in [3.63, 3.8) is 0 Å². The third-order valence-electron chi connectivity index (χ3n) is 4.85. The van der Waals surface area contributed by atoms with Crippen LogP contribution in [-0.4, -0.2) is 49.6 Å². The summed E-state index contributed by atoms with van der Waals surface area (Å²) in [5.74, 6) is -0.0842. The van der Waals surface area contributed by atoms with Crippen molar-refractivity contribution in [2.45, 2.75) is 44.2 Å². The Morgan fingerprint density at radius 1 is 1.12 bits per heavy atom. The number of carbonyl (C=O) groups is 2. The van der Waals surface area contributed by atoms with Gasteiger partial charge in [-0.1, -0.05) is 43.2 Å². The molecule has 1 aromatic rings. The third-order valence-corrected chi connectivity index (χ3v) is 4.85. The van der Waals surface area contributed by atoms with Crippen molar-refractivity contribution >= 4 is 11.9 Å². The lowest BCUT2D eigenvalue weighted by molar-refractivity contribution is -0.127. The molecule has 0 aliphatic heterocycles. The fourth-order valence-corrected chi connectivity index (χ4v) is 3.44. The molecule has 1 atom stereocenters. The zero-order valence-electron chi connectivity index (χ0n) is 15.5. The van der Waals surface area contributed by atoms with Gasteiger partial charge in [0.1, 0.15) is 5.54 Å². The Morgan fingerprint density at radius 3 is 2.32 bits per heavy atom. The van der Waals surface area contributed by atoms with E-state index in [1.807, 2.05) is 39.2 Å². The van der Waals surface area contributed by atoms with E-state index in [0.29, 0.717) is 25.9 Å². The van der Waals surface area contributed by atoms with E-state index in [0.717, 1.165) is 18.4 Å². The predicted molar refractivity (Wildman–Crippen MR) is 99.3 cm³/mol. The van der Waals surface area contributed by atoms with Crippen LogP contribution in [-0.2, 0) is 4.79 Å². The van der Waals surface area contributed by atoms with Crippen LogP contribution in [0.15, 0.2) is 30.3 Å². The van der Waals surface area contributed by atoms with Crippen LogP contribution in [0.25, 0.3) is 0 Å². The lowest BCUT2D eigenvalue weighted by atomic mass is 9.96. The minimum atomic E-state index is -0.785. The van der Waals surface area contributed by atoms with E-state index >= 15 is 0 Å². The summed E-state index contributed by atoms with van der Waals surface area (Å²) in [5.41, 5.74) is 0.372. The average molecular weight is 346 g/mol. The Kier molecular flexibility index (Phi) is 6.82. The van der Waals surface area contributed by atoms with Crippen molar-refractivity contribution in [1.82, 2.24) is 20.9 Å². The van der Waals surface area contributed by atoms with Gasteiger partial charge in [0.15, 0.2) is 0 Å². The number of carbonyl (C=O) groups excluding carboxylic acids is 2. The van der Waals surface area contributed by atoms with E-state index in [1.165, 1.54) is 0 Å². The summed E-state index contributed by atoms with van der Waals surface area (Å²) < 4.78 is 0. The lowest BCUT2D eigenvalue weighted by Gasteiger charge is -2.31. The van der Waals surface area contributed by atoms with Gasteiger partial charge in [0.05, 0.1) is 6.04 Å². The maximum atomic E-state index is 12.9. The monoisotopic (exact) mass is 346 g/mol. The second-order valence-corrected chi connectivity index (χ2v) is 6.87. The van der Waals surface area contributed by atoms with Crippen molar-refractivity contribution in [2.24, 2.45) is 0 Å². The molecule has 0 spiro atoms. The molecule has 1 unspecified atom stereocenters. The fraction of sp³-hybridized carbons (Fsp3) is 0.579. The number of nitrogens with one attached hydrogen (secondary N) is 3. The van der Waals surface area contributed by atoms with Gasteiger partial charge in [-0.05, 0) is 39.4 Å². The van der Waals surface area contributed by atoms with Crippen LogP contribution in [0.4, 0.5) is 4.79 Å². The molecule has 1 aromatic carbocycles. The number of benzene rings is 1. The van der Waals surface area contributed by atoms with Crippen LogP contribution in [0.2, 0.25) is 0 Å². The highest BCUT2D eigenvalue weighted by Gasteiger charge is 2.42. The molecule has 1 aliphatic carbocycles. The van der Waals surface area contributed by atoms with Gasteiger partial charge < -0.3 is 20.9 Å². The topological polar surface area (TPSA) is 73.5 Å².